The van der Waals surface area contributed by atoms with Gasteiger partial charge >= 0.3 is 12.3 Å². The molecule has 0 spiro atoms. The van der Waals surface area contributed by atoms with Gasteiger partial charge in [-0.2, -0.15) is 13.2 Å². The number of ether oxygens (including phenoxy) is 2. The third-order valence-electron chi connectivity index (χ3n) is 5.61. The first-order valence-electron chi connectivity index (χ1n) is 12.9. The van der Waals surface area contributed by atoms with Crippen molar-refractivity contribution in [2.24, 2.45) is 0 Å². The Kier molecular flexibility index (Phi) is 9.55. The number of sulfonamides is 2. The van der Waals surface area contributed by atoms with Crippen LogP contribution in [0.4, 0.5) is 29.3 Å². The smallest absolute Gasteiger partial charge is 0.416 e. The van der Waals surface area contributed by atoms with Gasteiger partial charge in [-0.1, -0.05) is 19.9 Å². The Hall–Kier alpha value is -3.04. The normalized spacial score (nSPS) is 17.5. The molecular weight excluding hydrogens is 587 g/mol. The fraction of sp³-hybridized carbons (Fsp3) is 0.500. The van der Waals surface area contributed by atoms with Crippen molar-refractivity contribution in [2.45, 2.75) is 76.3 Å². The van der Waals surface area contributed by atoms with Crippen molar-refractivity contribution in [3.63, 3.8) is 0 Å². The standard InChI is InChI=1S/C24H28F3N3O7S2.C2H6.2H2/c1-23(2,3)37-22(31)28-17-9-10-21-20(12-17)30(13-18(36-21)14-38(32,33)29-16-7-8-16)39(34,35)19-6-4-5-15(11-19)24(25,26)27;1-2;;/h4-6,9-12,16,18,29H,7-8,13-14H2,1-3H3,(H,28,31);1-2H3;2*1H/t18-;;;/m1.../s1. The van der Waals surface area contributed by atoms with E-state index in [1.54, 1.807) is 20.8 Å². The Morgan fingerprint density at radius 1 is 1.07 bits per heavy atom. The van der Waals surface area contributed by atoms with E-state index in [0.29, 0.717) is 18.9 Å². The van der Waals surface area contributed by atoms with Gasteiger partial charge in [0.2, 0.25) is 10.0 Å². The summed E-state index contributed by atoms with van der Waals surface area (Å²) in [5.41, 5.74) is -1.94. The zero-order valence-electron chi connectivity index (χ0n) is 23.3. The highest BCUT2D eigenvalue weighted by Crippen LogP contribution is 2.40. The van der Waals surface area contributed by atoms with E-state index in [-0.39, 0.29) is 26.0 Å². The lowest BCUT2D eigenvalue weighted by molar-refractivity contribution is -0.137. The van der Waals surface area contributed by atoms with E-state index < -0.39 is 66.8 Å². The number of alkyl halides is 3. The van der Waals surface area contributed by atoms with E-state index in [1.807, 2.05) is 13.8 Å². The minimum Gasteiger partial charge on any atom is -0.485 e. The Morgan fingerprint density at radius 3 is 2.32 bits per heavy atom. The van der Waals surface area contributed by atoms with E-state index in [0.717, 1.165) is 22.5 Å². The Labute approximate surface area is 241 Å². The number of anilines is 2. The van der Waals surface area contributed by atoms with Gasteiger partial charge in [0, 0.05) is 14.6 Å². The predicted molar refractivity (Wildman–Crippen MR) is 152 cm³/mol. The highest BCUT2D eigenvalue weighted by Gasteiger charge is 2.39. The number of hydrogen-bond acceptors (Lipinski definition) is 7. The van der Waals surface area contributed by atoms with Crippen molar-refractivity contribution in [3.8, 4) is 5.75 Å². The average molecular weight is 626 g/mol. The molecule has 1 atom stereocenters. The van der Waals surface area contributed by atoms with Crippen LogP contribution in [0.25, 0.3) is 0 Å². The van der Waals surface area contributed by atoms with Gasteiger partial charge in [0.05, 0.1) is 22.7 Å². The van der Waals surface area contributed by atoms with Crippen LogP contribution in [0.3, 0.4) is 0 Å². The van der Waals surface area contributed by atoms with Gasteiger partial charge in [-0.25, -0.2) is 26.4 Å². The van der Waals surface area contributed by atoms with Gasteiger partial charge in [-0.15, -0.1) is 0 Å². The minimum absolute atomic E-state index is 0. The first-order valence-corrected chi connectivity index (χ1v) is 16.0. The molecule has 2 N–H and O–H groups in total. The van der Waals surface area contributed by atoms with Crippen LogP contribution >= 0.6 is 0 Å². The molecule has 2 aromatic rings. The highest BCUT2D eigenvalue weighted by molar-refractivity contribution is 7.93. The van der Waals surface area contributed by atoms with Gasteiger partial charge in [-0.05, 0) is 70.0 Å². The van der Waals surface area contributed by atoms with Gasteiger partial charge in [0.1, 0.15) is 23.2 Å². The van der Waals surface area contributed by atoms with Crippen LogP contribution in [0.2, 0.25) is 0 Å². The van der Waals surface area contributed by atoms with Crippen LogP contribution in [0, 0.1) is 0 Å². The van der Waals surface area contributed by atoms with E-state index in [9.17, 15) is 34.8 Å². The maximum absolute atomic E-state index is 13.7. The van der Waals surface area contributed by atoms with Crippen molar-refractivity contribution < 1.29 is 47.1 Å². The van der Waals surface area contributed by atoms with Crippen molar-refractivity contribution in [1.29, 1.82) is 0 Å². The molecule has 0 radical (unpaired) electrons. The summed E-state index contributed by atoms with van der Waals surface area (Å²) < 4.78 is 107. The number of carbonyl (C=O) groups excluding carboxylic acids is 1. The van der Waals surface area contributed by atoms with Crippen molar-refractivity contribution in [3.05, 3.63) is 48.0 Å². The average Bonchev–Trinajstić information content (AvgIpc) is 3.66. The van der Waals surface area contributed by atoms with Crippen LogP contribution in [0.15, 0.2) is 47.4 Å². The second kappa shape index (κ2) is 12.1. The summed E-state index contributed by atoms with van der Waals surface area (Å²) >= 11 is 0. The lowest BCUT2D eigenvalue weighted by Gasteiger charge is -2.35. The quantitative estimate of drug-likeness (QED) is 0.409. The molecule has 10 nitrogen and oxygen atoms in total. The molecule has 4 rings (SSSR count). The highest BCUT2D eigenvalue weighted by atomic mass is 32.2. The number of hydrogen-bond donors (Lipinski definition) is 2. The Bertz CT molecular complexity index is 1480. The van der Waals surface area contributed by atoms with Crippen molar-refractivity contribution >= 4 is 37.5 Å². The lowest BCUT2D eigenvalue weighted by atomic mass is 10.2. The summed E-state index contributed by atoms with van der Waals surface area (Å²) in [6.45, 7) is 8.46. The molecule has 15 heteroatoms. The van der Waals surface area contributed by atoms with Crippen molar-refractivity contribution in [1.82, 2.24) is 4.72 Å². The van der Waals surface area contributed by atoms with Crippen LogP contribution in [0.5, 0.6) is 5.75 Å². The first-order chi connectivity index (χ1) is 18.9. The van der Waals surface area contributed by atoms with Gasteiger partial charge < -0.3 is 9.47 Å². The third kappa shape index (κ3) is 8.72. The monoisotopic (exact) mass is 625 g/mol. The number of halogens is 3. The van der Waals surface area contributed by atoms with E-state index in [1.165, 1.54) is 18.2 Å². The summed E-state index contributed by atoms with van der Waals surface area (Å²) in [5, 5.41) is 2.47. The van der Waals surface area contributed by atoms with Crippen LogP contribution < -0.4 is 19.1 Å². The fourth-order valence-corrected chi connectivity index (χ4v) is 6.88. The topological polar surface area (TPSA) is 131 Å². The molecule has 2 aromatic carbocycles. The Balaban J connectivity index is 0.00000226. The molecule has 0 unspecified atom stereocenters. The van der Waals surface area contributed by atoms with Crippen LogP contribution in [-0.2, 0) is 31.0 Å². The number of amides is 1. The number of benzene rings is 2. The summed E-state index contributed by atoms with van der Waals surface area (Å²) in [6, 6.07) is 7.06. The van der Waals surface area contributed by atoms with Crippen molar-refractivity contribution in [2.75, 3.05) is 21.9 Å². The number of carbonyl (C=O) groups is 1. The zero-order chi connectivity index (χ0) is 30.8. The second-order valence-corrected chi connectivity index (χ2v) is 13.9. The number of nitrogens with zero attached hydrogens (tertiary/aromatic N) is 1. The second-order valence-electron chi connectivity index (χ2n) is 10.3. The lowest BCUT2D eigenvalue weighted by Crippen LogP contribution is -2.48. The van der Waals surface area contributed by atoms with Crippen LogP contribution in [-0.4, -0.2) is 53.0 Å². The number of fused-ring (bicyclic) bond motifs is 1. The van der Waals surface area contributed by atoms with Gasteiger partial charge in [0.25, 0.3) is 10.0 Å². The first kappa shape index (κ1) is 32.5. The zero-order valence-corrected chi connectivity index (χ0v) is 24.9. The van der Waals surface area contributed by atoms with Gasteiger partial charge in [-0.3, -0.25) is 9.62 Å². The number of rotatable bonds is 7. The molecule has 1 saturated carbocycles. The molecule has 0 saturated heterocycles. The predicted octanol–water partition coefficient (Wildman–Crippen LogP) is 5.61. The molecule has 2 aliphatic rings. The summed E-state index contributed by atoms with van der Waals surface area (Å²) in [4.78, 5) is 11.6. The molecule has 232 valence electrons. The molecule has 1 aliphatic carbocycles. The molecule has 1 aliphatic heterocycles. The Morgan fingerprint density at radius 2 is 1.73 bits per heavy atom. The number of nitrogens with one attached hydrogen (secondary N) is 2. The third-order valence-corrected chi connectivity index (χ3v) is 8.89. The fourth-order valence-electron chi connectivity index (χ4n) is 3.83. The summed E-state index contributed by atoms with van der Waals surface area (Å²) in [7, 11) is -8.48. The van der Waals surface area contributed by atoms with Crippen LogP contribution in [0.1, 0.15) is 55.9 Å². The largest absolute Gasteiger partial charge is 0.485 e. The maximum atomic E-state index is 13.7. The maximum Gasteiger partial charge on any atom is 0.416 e. The summed E-state index contributed by atoms with van der Waals surface area (Å²) in [6.07, 6.45) is -5.39. The van der Waals surface area contributed by atoms with Gasteiger partial charge in [0.15, 0.2) is 0 Å². The molecule has 0 bridgehead atoms. The summed E-state index contributed by atoms with van der Waals surface area (Å²) in [5.74, 6) is -0.603. The van der Waals surface area contributed by atoms with E-state index >= 15 is 0 Å². The van der Waals surface area contributed by atoms with E-state index in [2.05, 4.69) is 10.0 Å². The SMILES string of the molecule is CC.CC(C)(C)OC(=O)Nc1ccc2c(c1)N(S(=O)(=O)c1cccc(C(F)(F)F)c1)C[C@H](CS(=O)(=O)NC1CC1)O2.[HH].[HH]. The molecule has 1 heterocycles. The molecular formula is C26H38F3N3O7S2. The molecule has 1 amide bonds. The molecule has 1 fully saturated rings. The molecule has 41 heavy (non-hydrogen) atoms. The molecule has 0 aromatic heterocycles. The minimum atomic E-state index is -4.79. The van der Waals surface area contributed by atoms with E-state index in [4.69, 9.17) is 9.47 Å².